The normalized spacial score (nSPS) is 10.6. The van der Waals surface area contributed by atoms with Crippen LogP contribution >= 0.6 is 0 Å². The zero-order chi connectivity index (χ0) is 10.6. The number of nitrogens with two attached hydrogens (primary N) is 2. The number of benzene rings is 1. The molecular weight excluding hydrogens is 180 g/mol. The van der Waals surface area contributed by atoms with E-state index in [4.69, 9.17) is 11.5 Å². The molecule has 1 amide bonds. The first-order chi connectivity index (χ1) is 6.59. The summed E-state index contributed by atoms with van der Waals surface area (Å²) >= 11 is 0. The molecule has 5 N–H and O–H groups in total. The number of anilines is 1. The first-order valence-corrected chi connectivity index (χ1v) is 4.13. The number of carbonyl (C=O) groups is 1. The highest BCUT2D eigenvalue weighted by Gasteiger charge is 1.95. The molecule has 1 rings (SSSR count). The van der Waals surface area contributed by atoms with Crippen LogP contribution < -0.4 is 11.5 Å². The van der Waals surface area contributed by atoms with Crippen LogP contribution in [0.25, 0.3) is 6.08 Å². The van der Waals surface area contributed by atoms with Crippen molar-refractivity contribution in [2.45, 2.75) is 6.42 Å². The number of hydrogen-bond donors (Lipinski definition) is 3. The first-order valence-electron chi connectivity index (χ1n) is 4.13. The Hall–Kier alpha value is -1.97. The van der Waals surface area contributed by atoms with Crippen LogP contribution in [0.2, 0.25) is 0 Å². The molecule has 14 heavy (non-hydrogen) atoms. The molecule has 0 fully saturated rings. The van der Waals surface area contributed by atoms with Crippen LogP contribution in [-0.4, -0.2) is 11.0 Å². The predicted molar refractivity (Wildman–Crippen MR) is 55.4 cm³/mol. The second-order valence-corrected chi connectivity index (χ2v) is 2.89. The molecule has 0 saturated heterocycles. The number of carbonyl (C=O) groups excluding carboxylic acids is 1. The predicted octanol–water partition coefficient (Wildman–Crippen LogP) is 0.863. The molecule has 0 spiro atoms. The lowest BCUT2D eigenvalue weighted by molar-refractivity contribution is -0.117. The van der Waals surface area contributed by atoms with E-state index in [-0.39, 0.29) is 18.1 Å². The van der Waals surface area contributed by atoms with Crippen LogP contribution in [0.1, 0.15) is 12.0 Å². The van der Waals surface area contributed by atoms with E-state index < -0.39 is 0 Å². The van der Waals surface area contributed by atoms with Crippen LogP contribution in [0.5, 0.6) is 5.75 Å². The summed E-state index contributed by atoms with van der Waals surface area (Å²) in [6.07, 6.45) is 3.52. The van der Waals surface area contributed by atoms with E-state index in [2.05, 4.69) is 0 Å². The number of aromatic hydroxyl groups is 1. The minimum absolute atomic E-state index is 0.0335. The zero-order valence-corrected chi connectivity index (χ0v) is 7.60. The van der Waals surface area contributed by atoms with Crippen LogP contribution in [0.3, 0.4) is 0 Å². The van der Waals surface area contributed by atoms with Crippen molar-refractivity contribution >= 4 is 17.7 Å². The minimum atomic E-state index is -0.388. The fourth-order valence-electron chi connectivity index (χ4n) is 0.976. The molecule has 1 aromatic carbocycles. The summed E-state index contributed by atoms with van der Waals surface area (Å²) in [6.45, 7) is 0. The Labute approximate surface area is 81.8 Å². The van der Waals surface area contributed by atoms with Gasteiger partial charge >= 0.3 is 0 Å². The van der Waals surface area contributed by atoms with E-state index in [9.17, 15) is 9.90 Å². The molecule has 0 heterocycles. The molecule has 0 aliphatic carbocycles. The summed E-state index contributed by atoms with van der Waals surface area (Å²) in [4.78, 5) is 10.4. The molecule has 4 heteroatoms. The second kappa shape index (κ2) is 4.32. The maximum absolute atomic E-state index is 10.4. The molecule has 0 aliphatic rings. The van der Waals surface area contributed by atoms with Gasteiger partial charge in [0.1, 0.15) is 5.75 Å². The molecule has 4 nitrogen and oxygen atoms in total. The summed E-state index contributed by atoms with van der Waals surface area (Å²) in [7, 11) is 0. The monoisotopic (exact) mass is 192 g/mol. The third kappa shape index (κ3) is 2.82. The van der Waals surface area contributed by atoms with Crippen molar-refractivity contribution < 1.29 is 9.90 Å². The van der Waals surface area contributed by atoms with Gasteiger partial charge in [-0.15, -0.1) is 0 Å². The summed E-state index contributed by atoms with van der Waals surface area (Å²) in [5.41, 5.74) is 11.5. The van der Waals surface area contributed by atoms with Gasteiger partial charge in [-0.25, -0.2) is 0 Å². The molecule has 0 atom stereocenters. The summed E-state index contributed by atoms with van der Waals surface area (Å²) in [5, 5.41) is 9.26. The highest BCUT2D eigenvalue weighted by Crippen LogP contribution is 2.21. The van der Waals surface area contributed by atoms with Gasteiger partial charge in [-0.05, 0) is 17.7 Å². The van der Waals surface area contributed by atoms with Crippen molar-refractivity contribution in [3.05, 3.63) is 29.8 Å². The molecule has 0 unspecified atom stereocenters. The lowest BCUT2D eigenvalue weighted by Gasteiger charge is -1.98. The Bertz CT molecular complexity index is 372. The molecule has 0 aromatic heterocycles. The third-order valence-corrected chi connectivity index (χ3v) is 1.68. The number of hydrogen-bond acceptors (Lipinski definition) is 3. The first kappa shape index (κ1) is 10.1. The van der Waals surface area contributed by atoms with Gasteiger partial charge in [-0.2, -0.15) is 0 Å². The summed E-state index contributed by atoms with van der Waals surface area (Å²) < 4.78 is 0. The number of phenols is 1. The zero-order valence-electron chi connectivity index (χ0n) is 7.60. The van der Waals surface area contributed by atoms with E-state index in [1.165, 1.54) is 6.07 Å². The highest BCUT2D eigenvalue weighted by atomic mass is 16.3. The van der Waals surface area contributed by atoms with Crippen molar-refractivity contribution in [1.82, 2.24) is 0 Å². The van der Waals surface area contributed by atoms with Crippen molar-refractivity contribution in [3.63, 3.8) is 0 Å². The smallest absolute Gasteiger partial charge is 0.221 e. The Morgan fingerprint density at radius 2 is 2.21 bits per heavy atom. The minimum Gasteiger partial charge on any atom is -0.506 e. The van der Waals surface area contributed by atoms with Gasteiger partial charge in [0.2, 0.25) is 5.91 Å². The van der Waals surface area contributed by atoms with Crippen LogP contribution in [-0.2, 0) is 4.79 Å². The maximum Gasteiger partial charge on any atom is 0.221 e. The van der Waals surface area contributed by atoms with Crippen LogP contribution in [0.4, 0.5) is 5.69 Å². The largest absolute Gasteiger partial charge is 0.506 e. The maximum atomic E-state index is 10.4. The quantitative estimate of drug-likeness (QED) is 0.490. The molecule has 0 aliphatic heterocycles. The fraction of sp³-hybridized carbons (Fsp3) is 0.100. The Morgan fingerprint density at radius 1 is 1.50 bits per heavy atom. The molecule has 74 valence electrons. The SMILES string of the molecule is NC(=O)CC=Cc1ccc(N)c(O)c1. The van der Waals surface area contributed by atoms with E-state index >= 15 is 0 Å². The Morgan fingerprint density at radius 3 is 2.79 bits per heavy atom. The van der Waals surface area contributed by atoms with Crippen molar-refractivity contribution in [3.8, 4) is 5.75 Å². The molecule has 0 bridgehead atoms. The highest BCUT2D eigenvalue weighted by molar-refractivity contribution is 5.76. The van der Waals surface area contributed by atoms with Crippen molar-refractivity contribution in [1.29, 1.82) is 0 Å². The third-order valence-electron chi connectivity index (χ3n) is 1.68. The molecule has 0 saturated carbocycles. The van der Waals surface area contributed by atoms with Gasteiger partial charge in [0.15, 0.2) is 0 Å². The average molecular weight is 192 g/mol. The number of nitrogen functional groups attached to an aromatic ring is 1. The van der Waals surface area contributed by atoms with E-state index in [0.717, 1.165) is 5.56 Å². The second-order valence-electron chi connectivity index (χ2n) is 2.89. The van der Waals surface area contributed by atoms with Gasteiger partial charge in [0.25, 0.3) is 0 Å². The summed E-state index contributed by atoms with van der Waals surface area (Å²) in [5.74, 6) is -0.354. The number of phenolic OH excluding ortho intramolecular Hbond substituents is 1. The van der Waals surface area contributed by atoms with Gasteiger partial charge in [0, 0.05) is 6.42 Å². The number of primary amides is 1. The lowest BCUT2D eigenvalue weighted by Crippen LogP contribution is -2.07. The van der Waals surface area contributed by atoms with Gasteiger partial charge < -0.3 is 16.6 Å². The average Bonchev–Trinajstić information content (AvgIpc) is 2.10. The van der Waals surface area contributed by atoms with Crippen molar-refractivity contribution in [2.24, 2.45) is 5.73 Å². The molecule has 1 aromatic rings. The standard InChI is InChI=1S/C10H12N2O2/c11-8-5-4-7(6-9(8)13)2-1-3-10(12)14/h1-2,4-6,13H,3,11H2,(H2,12,14). The van der Waals surface area contributed by atoms with Gasteiger partial charge in [-0.1, -0.05) is 18.2 Å². The number of amides is 1. The molecular formula is C10H12N2O2. The van der Waals surface area contributed by atoms with E-state index in [1.807, 2.05) is 0 Å². The summed E-state index contributed by atoms with van der Waals surface area (Å²) in [6, 6.07) is 4.86. The van der Waals surface area contributed by atoms with Crippen molar-refractivity contribution in [2.75, 3.05) is 5.73 Å². The van der Waals surface area contributed by atoms with E-state index in [1.54, 1.807) is 24.3 Å². The Balaban J connectivity index is 2.73. The number of rotatable bonds is 3. The molecule has 0 radical (unpaired) electrons. The topological polar surface area (TPSA) is 89.3 Å². The lowest BCUT2D eigenvalue weighted by atomic mass is 10.1. The Kier molecular flexibility index (Phi) is 3.12. The van der Waals surface area contributed by atoms with Crippen LogP contribution in [0.15, 0.2) is 24.3 Å². The van der Waals surface area contributed by atoms with Gasteiger partial charge in [-0.3, -0.25) is 4.79 Å². The fourth-order valence-corrected chi connectivity index (χ4v) is 0.976. The van der Waals surface area contributed by atoms with Gasteiger partial charge in [0.05, 0.1) is 5.69 Å². The van der Waals surface area contributed by atoms with E-state index in [0.29, 0.717) is 5.69 Å². The van der Waals surface area contributed by atoms with Crippen LogP contribution in [0, 0.1) is 0 Å².